The summed E-state index contributed by atoms with van der Waals surface area (Å²) in [6, 6.07) is 4.46. The molecule has 0 aliphatic heterocycles. The second-order valence-corrected chi connectivity index (χ2v) is 5.19. The molecule has 0 amide bonds. The number of benzene rings is 1. The van der Waals surface area contributed by atoms with Gasteiger partial charge in [0.15, 0.2) is 0 Å². The maximum atomic E-state index is 11.0. The van der Waals surface area contributed by atoms with Gasteiger partial charge in [-0.3, -0.25) is 10.1 Å². The first-order valence-corrected chi connectivity index (χ1v) is 7.19. The van der Waals surface area contributed by atoms with E-state index >= 15 is 0 Å². The molecule has 1 aromatic heterocycles. The Morgan fingerprint density at radius 1 is 1.17 bits per heavy atom. The molecular weight excluding hydrogens is 294 g/mol. The van der Waals surface area contributed by atoms with E-state index in [1.54, 1.807) is 18.2 Å². The summed E-state index contributed by atoms with van der Waals surface area (Å²) in [5, 5.41) is 17.9. The largest absolute Gasteiger partial charge is 0.363 e. The van der Waals surface area contributed by atoms with E-state index in [1.165, 1.54) is 12.1 Å². The maximum Gasteiger partial charge on any atom is 0.270 e. The number of nitrogens with one attached hydrogen (secondary N) is 2. The molecule has 2 atom stereocenters. The van der Waals surface area contributed by atoms with Gasteiger partial charge in [0.1, 0.15) is 5.82 Å². The van der Waals surface area contributed by atoms with Crippen LogP contribution in [0.5, 0.6) is 0 Å². The molecule has 7 heteroatoms. The van der Waals surface area contributed by atoms with Gasteiger partial charge >= 0.3 is 0 Å². The number of nitrogens with zero attached hydrogens (tertiary/aromatic N) is 3. The Morgan fingerprint density at radius 2 is 1.83 bits per heavy atom. The van der Waals surface area contributed by atoms with Crippen LogP contribution in [0.3, 0.4) is 0 Å². The molecule has 0 aliphatic carbocycles. The lowest BCUT2D eigenvalue weighted by Gasteiger charge is -2.15. The van der Waals surface area contributed by atoms with E-state index < -0.39 is 4.92 Å². The number of nitro benzene ring substituents is 1. The molecule has 2 rings (SSSR count). The second-order valence-electron chi connectivity index (χ2n) is 5.19. The molecule has 0 aliphatic rings. The van der Waals surface area contributed by atoms with E-state index in [4.69, 9.17) is 0 Å². The van der Waals surface area contributed by atoms with E-state index in [0.717, 1.165) is 0 Å². The molecule has 0 saturated heterocycles. The third-order valence-electron chi connectivity index (χ3n) is 3.32. The maximum absolute atomic E-state index is 11.0. The van der Waals surface area contributed by atoms with E-state index in [-0.39, 0.29) is 17.8 Å². The zero-order chi connectivity index (χ0) is 17.0. The Morgan fingerprint density at radius 3 is 2.43 bits per heavy atom. The van der Waals surface area contributed by atoms with Crippen molar-refractivity contribution >= 4 is 28.4 Å². The van der Waals surface area contributed by atoms with Crippen LogP contribution in [0.15, 0.2) is 43.5 Å². The van der Waals surface area contributed by atoms with E-state index in [2.05, 4.69) is 33.8 Å². The van der Waals surface area contributed by atoms with Gasteiger partial charge in [0.25, 0.3) is 5.69 Å². The molecule has 0 saturated carbocycles. The van der Waals surface area contributed by atoms with Crippen molar-refractivity contribution in [3.8, 4) is 0 Å². The van der Waals surface area contributed by atoms with Gasteiger partial charge in [-0.15, -0.1) is 13.2 Å². The molecule has 2 N–H and O–H groups in total. The minimum Gasteiger partial charge on any atom is -0.363 e. The van der Waals surface area contributed by atoms with Crippen molar-refractivity contribution in [1.82, 2.24) is 9.97 Å². The van der Waals surface area contributed by atoms with Crippen molar-refractivity contribution < 1.29 is 4.92 Å². The lowest BCUT2D eigenvalue weighted by atomic mass is 10.2. The van der Waals surface area contributed by atoms with Gasteiger partial charge in [0, 0.05) is 29.6 Å². The average molecular weight is 313 g/mol. The number of non-ortho nitro benzene ring substituents is 1. The Hall–Kier alpha value is -2.96. The van der Waals surface area contributed by atoms with Crippen LogP contribution in [-0.4, -0.2) is 27.0 Å². The number of nitro groups is 1. The molecule has 0 spiro atoms. The first-order chi connectivity index (χ1) is 10.9. The van der Waals surface area contributed by atoms with E-state index in [1.807, 2.05) is 13.8 Å². The number of fused-ring (bicyclic) bond motifs is 1. The van der Waals surface area contributed by atoms with Crippen molar-refractivity contribution in [3.05, 3.63) is 53.6 Å². The fourth-order valence-electron chi connectivity index (χ4n) is 1.94. The first kappa shape index (κ1) is 16.4. The predicted octanol–water partition coefficient (Wildman–Crippen LogP) is 3.51. The smallest absolute Gasteiger partial charge is 0.270 e. The van der Waals surface area contributed by atoms with Crippen molar-refractivity contribution in [2.75, 3.05) is 10.6 Å². The lowest BCUT2D eigenvalue weighted by molar-refractivity contribution is -0.384. The Bertz CT molecular complexity index is 759. The standard InChI is InChI=1S/C16H19N5O2/c1-5-10(3)17-15-13-9-12(21(22)23)7-8-14(13)19-16(20-15)18-11(4)6-2/h5-11H,1-2H2,3-4H3,(H2,17,18,19,20). The van der Waals surface area contributed by atoms with Crippen LogP contribution in [0.1, 0.15) is 13.8 Å². The van der Waals surface area contributed by atoms with Gasteiger partial charge in [-0.25, -0.2) is 4.98 Å². The summed E-state index contributed by atoms with van der Waals surface area (Å²) in [7, 11) is 0. The van der Waals surface area contributed by atoms with Gasteiger partial charge in [0.05, 0.1) is 10.4 Å². The Kier molecular flexibility index (Phi) is 4.90. The molecule has 1 heterocycles. The summed E-state index contributed by atoms with van der Waals surface area (Å²) in [6.45, 7) is 11.3. The fourth-order valence-corrected chi connectivity index (χ4v) is 1.94. The zero-order valence-corrected chi connectivity index (χ0v) is 13.1. The summed E-state index contributed by atoms with van der Waals surface area (Å²) < 4.78 is 0. The minimum atomic E-state index is -0.438. The van der Waals surface area contributed by atoms with E-state index in [9.17, 15) is 10.1 Å². The highest BCUT2D eigenvalue weighted by Gasteiger charge is 2.14. The van der Waals surface area contributed by atoms with Crippen LogP contribution in [0.4, 0.5) is 17.5 Å². The number of rotatable bonds is 7. The van der Waals surface area contributed by atoms with Crippen molar-refractivity contribution in [2.24, 2.45) is 0 Å². The molecule has 23 heavy (non-hydrogen) atoms. The summed E-state index contributed by atoms with van der Waals surface area (Å²) in [6.07, 6.45) is 3.47. The van der Waals surface area contributed by atoms with Crippen LogP contribution in [0, 0.1) is 10.1 Å². The number of hydrogen-bond acceptors (Lipinski definition) is 6. The van der Waals surface area contributed by atoms with Crippen LogP contribution in [-0.2, 0) is 0 Å². The third kappa shape index (κ3) is 3.82. The highest BCUT2D eigenvalue weighted by molar-refractivity contribution is 5.92. The van der Waals surface area contributed by atoms with Gasteiger partial charge < -0.3 is 10.6 Å². The minimum absolute atomic E-state index is 0.00410. The SMILES string of the molecule is C=CC(C)Nc1nc(NC(C)C=C)c2cc([N+](=O)[O-])ccc2n1. The number of hydrogen-bond donors (Lipinski definition) is 2. The Balaban J connectivity index is 2.57. The molecule has 1 aromatic carbocycles. The molecule has 2 aromatic rings. The quantitative estimate of drug-likeness (QED) is 0.461. The van der Waals surface area contributed by atoms with Crippen LogP contribution < -0.4 is 10.6 Å². The molecule has 120 valence electrons. The number of anilines is 2. The number of aromatic nitrogens is 2. The zero-order valence-electron chi connectivity index (χ0n) is 13.1. The predicted molar refractivity (Wildman–Crippen MR) is 92.8 cm³/mol. The van der Waals surface area contributed by atoms with Crippen LogP contribution in [0.2, 0.25) is 0 Å². The molecule has 0 bridgehead atoms. The first-order valence-electron chi connectivity index (χ1n) is 7.19. The van der Waals surface area contributed by atoms with Crippen molar-refractivity contribution in [1.29, 1.82) is 0 Å². The molecular formula is C16H19N5O2. The summed E-state index contributed by atoms with van der Waals surface area (Å²) >= 11 is 0. The van der Waals surface area contributed by atoms with Gasteiger partial charge in [0.2, 0.25) is 5.95 Å². The monoisotopic (exact) mass is 313 g/mol. The van der Waals surface area contributed by atoms with Crippen molar-refractivity contribution in [3.63, 3.8) is 0 Å². The summed E-state index contributed by atoms with van der Waals surface area (Å²) in [5.41, 5.74) is 0.610. The van der Waals surface area contributed by atoms with Gasteiger partial charge in [-0.05, 0) is 19.9 Å². The topological polar surface area (TPSA) is 93.0 Å². The normalized spacial score (nSPS) is 13.1. The Labute approximate surface area is 134 Å². The summed E-state index contributed by atoms with van der Waals surface area (Å²) in [4.78, 5) is 19.4. The molecule has 0 radical (unpaired) electrons. The highest BCUT2D eigenvalue weighted by Crippen LogP contribution is 2.27. The molecule has 2 unspecified atom stereocenters. The van der Waals surface area contributed by atoms with Crippen LogP contribution in [0.25, 0.3) is 10.9 Å². The molecule has 7 nitrogen and oxygen atoms in total. The lowest BCUT2D eigenvalue weighted by Crippen LogP contribution is -2.17. The fraction of sp³-hybridized carbons (Fsp3) is 0.250. The molecule has 0 fully saturated rings. The average Bonchev–Trinajstić information content (AvgIpc) is 2.54. The van der Waals surface area contributed by atoms with Gasteiger partial charge in [-0.1, -0.05) is 12.2 Å². The highest BCUT2D eigenvalue weighted by atomic mass is 16.6. The second kappa shape index (κ2) is 6.87. The third-order valence-corrected chi connectivity index (χ3v) is 3.32. The van der Waals surface area contributed by atoms with Gasteiger partial charge in [-0.2, -0.15) is 4.98 Å². The van der Waals surface area contributed by atoms with E-state index in [0.29, 0.717) is 22.7 Å². The summed E-state index contributed by atoms with van der Waals surface area (Å²) in [5.74, 6) is 0.947. The van der Waals surface area contributed by atoms with Crippen LogP contribution >= 0.6 is 0 Å². The van der Waals surface area contributed by atoms with Crippen molar-refractivity contribution in [2.45, 2.75) is 25.9 Å².